The van der Waals surface area contributed by atoms with Crippen LogP contribution in [0.1, 0.15) is 27.4 Å². The lowest BCUT2D eigenvalue weighted by Gasteiger charge is -2.30. The Bertz CT molecular complexity index is 897. The van der Waals surface area contributed by atoms with Gasteiger partial charge in [0.25, 0.3) is 0 Å². The molecule has 0 aliphatic carbocycles. The summed E-state index contributed by atoms with van der Waals surface area (Å²) in [6.45, 7) is 0.588. The van der Waals surface area contributed by atoms with Crippen molar-refractivity contribution in [2.75, 3.05) is 20.6 Å². The van der Waals surface area contributed by atoms with Crippen LogP contribution in [0.2, 0.25) is 5.02 Å². The molecule has 0 aliphatic heterocycles. The summed E-state index contributed by atoms with van der Waals surface area (Å²) in [4.78, 5) is 14.8. The molecule has 0 heterocycles. The van der Waals surface area contributed by atoms with Gasteiger partial charge in [0.2, 0.25) is 0 Å². The van der Waals surface area contributed by atoms with Crippen LogP contribution < -0.4 is 0 Å². The van der Waals surface area contributed by atoms with E-state index in [1.807, 2.05) is 79.7 Å². The highest BCUT2D eigenvalue weighted by molar-refractivity contribution is 6.30. The lowest BCUT2D eigenvalue weighted by Crippen LogP contribution is -2.36. The molecule has 0 saturated carbocycles. The van der Waals surface area contributed by atoms with Crippen LogP contribution >= 0.6 is 11.6 Å². The molecule has 2 atom stereocenters. The van der Waals surface area contributed by atoms with Gasteiger partial charge in [0.05, 0.1) is 5.56 Å². The van der Waals surface area contributed by atoms with Crippen molar-refractivity contribution >= 4 is 17.6 Å². The number of esters is 1. The molecule has 3 aromatic carbocycles. The van der Waals surface area contributed by atoms with Gasteiger partial charge in [-0.15, -0.1) is 0 Å². The number of ether oxygens (including phenoxy) is 1. The van der Waals surface area contributed by atoms with E-state index >= 15 is 0 Å². The minimum atomic E-state index is -0.372. The van der Waals surface area contributed by atoms with Crippen molar-refractivity contribution in [3.63, 3.8) is 0 Å². The molecule has 28 heavy (non-hydrogen) atoms. The van der Waals surface area contributed by atoms with Crippen molar-refractivity contribution in [2.45, 2.75) is 12.0 Å². The SMILES string of the molecule is CN(C)CC(OC(=O)c1ccccc1)C(c1ccccc1)c1cccc(Cl)c1. The van der Waals surface area contributed by atoms with Crippen LogP contribution in [0.4, 0.5) is 0 Å². The normalized spacial score (nSPS) is 13.1. The summed E-state index contributed by atoms with van der Waals surface area (Å²) < 4.78 is 6.03. The summed E-state index contributed by atoms with van der Waals surface area (Å²) in [5.74, 6) is -0.453. The Morgan fingerprint density at radius 3 is 2.11 bits per heavy atom. The molecular weight excluding hydrogens is 370 g/mol. The lowest BCUT2D eigenvalue weighted by atomic mass is 9.86. The van der Waals surface area contributed by atoms with Gasteiger partial charge in [-0.05, 0) is 49.5 Å². The van der Waals surface area contributed by atoms with Crippen LogP contribution in [-0.2, 0) is 4.74 Å². The third kappa shape index (κ3) is 5.22. The Morgan fingerprint density at radius 2 is 1.50 bits per heavy atom. The highest BCUT2D eigenvalue weighted by atomic mass is 35.5. The fraction of sp³-hybridized carbons (Fsp3) is 0.208. The molecule has 0 spiro atoms. The number of benzene rings is 3. The van der Waals surface area contributed by atoms with Gasteiger partial charge in [-0.25, -0.2) is 4.79 Å². The van der Waals surface area contributed by atoms with Gasteiger partial charge in [-0.2, -0.15) is 0 Å². The molecular formula is C24H24ClNO2. The minimum Gasteiger partial charge on any atom is -0.456 e. The number of halogens is 1. The zero-order valence-electron chi connectivity index (χ0n) is 16.1. The molecule has 0 saturated heterocycles. The molecule has 0 fully saturated rings. The van der Waals surface area contributed by atoms with E-state index < -0.39 is 0 Å². The first-order valence-corrected chi connectivity index (χ1v) is 9.63. The summed E-state index contributed by atoms with van der Waals surface area (Å²) >= 11 is 6.27. The molecule has 144 valence electrons. The van der Waals surface area contributed by atoms with Crippen LogP contribution in [-0.4, -0.2) is 37.6 Å². The van der Waals surface area contributed by atoms with Crippen LogP contribution in [0.3, 0.4) is 0 Å². The summed E-state index contributed by atoms with van der Waals surface area (Å²) in [5, 5.41) is 0.663. The largest absolute Gasteiger partial charge is 0.456 e. The summed E-state index contributed by atoms with van der Waals surface area (Å²) in [6, 6.07) is 26.9. The highest BCUT2D eigenvalue weighted by Gasteiger charge is 2.29. The second-order valence-electron chi connectivity index (χ2n) is 7.02. The fourth-order valence-corrected chi connectivity index (χ4v) is 3.53. The Balaban J connectivity index is 2.00. The second kappa shape index (κ2) is 9.54. The third-order valence-corrected chi connectivity index (χ3v) is 4.79. The third-order valence-electron chi connectivity index (χ3n) is 4.55. The van der Waals surface area contributed by atoms with Gasteiger partial charge in [-0.3, -0.25) is 0 Å². The topological polar surface area (TPSA) is 29.5 Å². The molecule has 3 aromatic rings. The van der Waals surface area contributed by atoms with E-state index in [1.165, 1.54) is 0 Å². The minimum absolute atomic E-state index is 0.130. The standard InChI is InChI=1S/C24H24ClNO2/c1-26(2)17-22(28-24(27)19-12-7-4-8-13-19)23(18-10-5-3-6-11-18)20-14-9-15-21(25)16-20/h3-16,22-23H,17H2,1-2H3. The maximum Gasteiger partial charge on any atom is 0.338 e. The first-order chi connectivity index (χ1) is 13.5. The van der Waals surface area contributed by atoms with Crippen molar-refractivity contribution in [1.29, 1.82) is 0 Å². The maximum absolute atomic E-state index is 12.8. The number of nitrogens with zero attached hydrogens (tertiary/aromatic N) is 1. The Labute approximate surface area is 171 Å². The monoisotopic (exact) mass is 393 g/mol. The molecule has 0 N–H and O–H groups in total. The fourth-order valence-electron chi connectivity index (χ4n) is 3.33. The van der Waals surface area contributed by atoms with Crippen molar-refractivity contribution < 1.29 is 9.53 Å². The summed E-state index contributed by atoms with van der Waals surface area (Å²) in [5.41, 5.74) is 2.65. The summed E-state index contributed by atoms with van der Waals surface area (Å²) in [7, 11) is 3.95. The smallest absolute Gasteiger partial charge is 0.338 e. The number of hydrogen-bond acceptors (Lipinski definition) is 3. The van der Waals surface area contributed by atoms with E-state index in [0.717, 1.165) is 11.1 Å². The molecule has 4 heteroatoms. The van der Waals surface area contributed by atoms with Gasteiger partial charge < -0.3 is 9.64 Å². The average Bonchev–Trinajstić information content (AvgIpc) is 2.69. The molecule has 0 bridgehead atoms. The van der Waals surface area contributed by atoms with E-state index in [2.05, 4.69) is 12.1 Å². The van der Waals surface area contributed by atoms with Crippen molar-refractivity contribution in [3.05, 3.63) is 107 Å². The predicted octanol–water partition coefficient (Wildman–Crippen LogP) is 5.26. The maximum atomic E-state index is 12.8. The summed E-state index contributed by atoms with van der Waals surface area (Å²) in [6.07, 6.45) is -0.372. The molecule has 3 nitrogen and oxygen atoms in total. The lowest BCUT2D eigenvalue weighted by molar-refractivity contribution is 0.0199. The van der Waals surface area contributed by atoms with E-state index in [1.54, 1.807) is 12.1 Å². The van der Waals surface area contributed by atoms with Crippen LogP contribution in [0, 0.1) is 0 Å². The first-order valence-electron chi connectivity index (χ1n) is 9.26. The van der Waals surface area contributed by atoms with Gasteiger partial charge in [-0.1, -0.05) is 72.3 Å². The number of carbonyl (C=O) groups is 1. The van der Waals surface area contributed by atoms with E-state index in [9.17, 15) is 4.79 Å². The predicted molar refractivity (Wildman–Crippen MR) is 114 cm³/mol. The average molecular weight is 394 g/mol. The van der Waals surface area contributed by atoms with E-state index in [0.29, 0.717) is 17.1 Å². The quantitative estimate of drug-likeness (QED) is 0.513. The molecule has 0 radical (unpaired) electrons. The van der Waals surface area contributed by atoms with Crippen LogP contribution in [0.25, 0.3) is 0 Å². The molecule has 0 aromatic heterocycles. The van der Waals surface area contributed by atoms with Gasteiger partial charge in [0, 0.05) is 17.5 Å². The first kappa shape index (κ1) is 20.1. The Kier molecular flexibility index (Phi) is 6.85. The van der Waals surface area contributed by atoms with E-state index in [-0.39, 0.29) is 18.0 Å². The molecule has 0 amide bonds. The van der Waals surface area contributed by atoms with Crippen LogP contribution in [0.5, 0.6) is 0 Å². The molecule has 3 rings (SSSR count). The Morgan fingerprint density at radius 1 is 0.893 bits per heavy atom. The zero-order chi connectivity index (χ0) is 19.9. The van der Waals surface area contributed by atoms with Crippen molar-refractivity contribution in [2.24, 2.45) is 0 Å². The van der Waals surface area contributed by atoms with Gasteiger partial charge >= 0.3 is 5.97 Å². The number of rotatable bonds is 7. The number of carbonyl (C=O) groups excluding carboxylic acids is 1. The van der Waals surface area contributed by atoms with Gasteiger partial charge in [0.1, 0.15) is 6.10 Å². The Hall–Kier alpha value is -2.62. The number of likely N-dealkylation sites (N-methyl/N-ethyl adjacent to an activating group) is 1. The molecule has 2 unspecified atom stereocenters. The van der Waals surface area contributed by atoms with Crippen LogP contribution in [0.15, 0.2) is 84.9 Å². The molecule has 0 aliphatic rings. The van der Waals surface area contributed by atoms with E-state index in [4.69, 9.17) is 16.3 Å². The van der Waals surface area contributed by atoms with Crippen molar-refractivity contribution in [1.82, 2.24) is 4.90 Å². The second-order valence-corrected chi connectivity index (χ2v) is 7.45. The van der Waals surface area contributed by atoms with Crippen molar-refractivity contribution in [3.8, 4) is 0 Å². The zero-order valence-corrected chi connectivity index (χ0v) is 16.8. The highest BCUT2D eigenvalue weighted by Crippen LogP contribution is 2.32. The number of hydrogen-bond donors (Lipinski definition) is 0. The van der Waals surface area contributed by atoms with Gasteiger partial charge in [0.15, 0.2) is 0 Å².